The number of amides is 1. The number of nitrogens with one attached hydrogen (secondary N) is 1. The van der Waals surface area contributed by atoms with Crippen molar-refractivity contribution >= 4 is 11.9 Å². The number of nitriles is 1. The van der Waals surface area contributed by atoms with E-state index in [9.17, 15) is 20.0 Å². The molecular formula is C17H27N3O4. The molecule has 134 valence electrons. The predicted octanol–water partition coefficient (Wildman–Crippen LogP) is 0.575. The Kier molecular flexibility index (Phi) is 6.58. The van der Waals surface area contributed by atoms with E-state index in [4.69, 9.17) is 0 Å². The second-order valence-electron chi connectivity index (χ2n) is 6.88. The van der Waals surface area contributed by atoms with E-state index in [1.807, 2.05) is 4.90 Å². The maximum atomic E-state index is 12.3. The van der Waals surface area contributed by atoms with Crippen molar-refractivity contribution in [2.24, 2.45) is 5.92 Å². The quantitative estimate of drug-likeness (QED) is 0.711. The molecule has 1 heterocycles. The topological polar surface area (TPSA) is 103 Å². The third-order valence-electron chi connectivity index (χ3n) is 5.19. The van der Waals surface area contributed by atoms with Gasteiger partial charge in [-0.25, -0.2) is 4.79 Å². The lowest BCUT2D eigenvalue weighted by Gasteiger charge is -2.35. The van der Waals surface area contributed by atoms with E-state index in [1.54, 1.807) is 0 Å². The van der Waals surface area contributed by atoms with E-state index in [0.29, 0.717) is 25.9 Å². The second-order valence-corrected chi connectivity index (χ2v) is 6.88. The molecule has 1 aliphatic carbocycles. The van der Waals surface area contributed by atoms with Crippen LogP contribution in [0.15, 0.2) is 0 Å². The zero-order valence-electron chi connectivity index (χ0n) is 14.3. The van der Waals surface area contributed by atoms with Gasteiger partial charge in [0, 0.05) is 0 Å². The summed E-state index contributed by atoms with van der Waals surface area (Å²) in [5, 5.41) is 22.2. The third kappa shape index (κ3) is 4.68. The number of hydrogen-bond donors (Lipinski definition) is 2. The van der Waals surface area contributed by atoms with Crippen molar-refractivity contribution < 1.29 is 19.4 Å². The molecule has 24 heavy (non-hydrogen) atoms. The van der Waals surface area contributed by atoms with Gasteiger partial charge in [-0.3, -0.25) is 9.69 Å². The molecule has 7 nitrogen and oxygen atoms in total. The Morgan fingerprint density at radius 2 is 1.96 bits per heavy atom. The van der Waals surface area contributed by atoms with Crippen LogP contribution in [0.25, 0.3) is 0 Å². The molecule has 0 aromatic heterocycles. The second kappa shape index (κ2) is 8.45. The number of rotatable bonds is 5. The van der Waals surface area contributed by atoms with Crippen LogP contribution in [0.3, 0.4) is 0 Å². The summed E-state index contributed by atoms with van der Waals surface area (Å²) in [6, 6.07) is 2.29. The summed E-state index contributed by atoms with van der Waals surface area (Å²) in [5.74, 6) is -0.842. The Hall–Kier alpha value is -1.65. The number of carbonyl (C=O) groups excluding carboxylic acids is 2. The van der Waals surface area contributed by atoms with Crippen molar-refractivity contribution in [3.63, 3.8) is 0 Å². The Labute approximate surface area is 142 Å². The maximum Gasteiger partial charge on any atom is 0.334 e. The Balaban J connectivity index is 1.78. The highest BCUT2D eigenvalue weighted by atomic mass is 16.5. The fourth-order valence-electron chi connectivity index (χ4n) is 3.67. The highest BCUT2D eigenvalue weighted by Gasteiger charge is 2.35. The Morgan fingerprint density at radius 1 is 1.33 bits per heavy atom. The lowest BCUT2D eigenvalue weighted by molar-refractivity contribution is -0.154. The van der Waals surface area contributed by atoms with Gasteiger partial charge in [0.25, 0.3) is 0 Å². The minimum absolute atomic E-state index is 0.120. The maximum absolute atomic E-state index is 12.3. The molecule has 1 amide bonds. The molecule has 0 spiro atoms. The molecule has 1 saturated carbocycles. The van der Waals surface area contributed by atoms with Crippen LogP contribution in [-0.4, -0.2) is 60.3 Å². The summed E-state index contributed by atoms with van der Waals surface area (Å²) in [6.07, 6.45) is 4.73. The molecule has 2 aliphatic rings. The predicted molar refractivity (Wildman–Crippen MR) is 86.8 cm³/mol. The van der Waals surface area contributed by atoms with Crippen LogP contribution in [-0.2, 0) is 14.3 Å². The first-order chi connectivity index (χ1) is 11.5. The van der Waals surface area contributed by atoms with E-state index in [0.717, 1.165) is 32.1 Å². The van der Waals surface area contributed by atoms with Crippen LogP contribution in [0.5, 0.6) is 0 Å². The van der Waals surface area contributed by atoms with Gasteiger partial charge in [-0.2, -0.15) is 5.26 Å². The number of aliphatic hydroxyl groups excluding tert-OH is 1. The molecule has 0 radical (unpaired) electrons. The molecule has 0 bridgehead atoms. The van der Waals surface area contributed by atoms with Gasteiger partial charge in [0.15, 0.2) is 6.10 Å². The van der Waals surface area contributed by atoms with Gasteiger partial charge in [0.05, 0.1) is 19.7 Å². The number of hydrogen-bond acceptors (Lipinski definition) is 6. The summed E-state index contributed by atoms with van der Waals surface area (Å²) in [5.41, 5.74) is -0.700. The summed E-state index contributed by atoms with van der Waals surface area (Å²) < 4.78 is 4.57. The minimum atomic E-state index is -1.09. The van der Waals surface area contributed by atoms with E-state index in [1.165, 1.54) is 7.11 Å². The van der Waals surface area contributed by atoms with Gasteiger partial charge in [0.1, 0.15) is 5.54 Å². The van der Waals surface area contributed by atoms with E-state index >= 15 is 0 Å². The number of carbonyl (C=O) groups is 2. The lowest BCUT2D eigenvalue weighted by Crippen LogP contribution is -2.52. The first kappa shape index (κ1) is 18.7. The zero-order valence-corrected chi connectivity index (χ0v) is 14.3. The average molecular weight is 337 g/mol. The number of piperidine rings is 1. The number of likely N-dealkylation sites (tertiary alicyclic amines) is 1. The molecule has 1 atom stereocenters. The normalized spacial score (nSPS) is 23.0. The molecule has 7 heteroatoms. The number of aliphatic hydroxyl groups is 1. The van der Waals surface area contributed by atoms with Crippen LogP contribution in [0.4, 0.5) is 0 Å². The highest BCUT2D eigenvalue weighted by molar-refractivity contribution is 5.79. The number of esters is 1. The van der Waals surface area contributed by atoms with E-state index in [-0.39, 0.29) is 18.4 Å². The smallest absolute Gasteiger partial charge is 0.334 e. The molecule has 2 fully saturated rings. The summed E-state index contributed by atoms with van der Waals surface area (Å²) in [6.45, 7) is 1.54. The van der Waals surface area contributed by atoms with Crippen molar-refractivity contribution in [3.05, 3.63) is 0 Å². The van der Waals surface area contributed by atoms with E-state index in [2.05, 4.69) is 16.1 Å². The SMILES string of the molecule is COC(=O)[C@H](O)C1CCN(CC(=O)NC2(C#N)CCCCC2)CC1. The Bertz CT molecular complexity index is 489. The number of ether oxygens (including phenoxy) is 1. The summed E-state index contributed by atoms with van der Waals surface area (Å²) >= 11 is 0. The first-order valence-corrected chi connectivity index (χ1v) is 8.70. The standard InChI is InChI=1S/C17H27N3O4/c1-24-16(23)15(22)13-5-9-20(10-6-13)11-14(21)19-17(12-18)7-3-2-4-8-17/h13,15,22H,2-11H2,1H3,(H,19,21)/t15-/m1/s1. The van der Waals surface area contributed by atoms with Crippen molar-refractivity contribution in [3.8, 4) is 6.07 Å². The molecule has 2 rings (SSSR count). The average Bonchev–Trinajstić information content (AvgIpc) is 2.61. The van der Waals surface area contributed by atoms with Gasteiger partial charge in [0.2, 0.25) is 5.91 Å². The van der Waals surface area contributed by atoms with Crippen molar-refractivity contribution in [2.75, 3.05) is 26.7 Å². The van der Waals surface area contributed by atoms with Crippen LogP contribution >= 0.6 is 0 Å². The Morgan fingerprint density at radius 3 is 2.50 bits per heavy atom. The number of methoxy groups -OCH3 is 1. The fourth-order valence-corrected chi connectivity index (χ4v) is 3.67. The van der Waals surface area contributed by atoms with Gasteiger partial charge in [-0.05, 0) is 44.7 Å². The van der Waals surface area contributed by atoms with Gasteiger partial charge in [-0.15, -0.1) is 0 Å². The monoisotopic (exact) mass is 337 g/mol. The van der Waals surface area contributed by atoms with Crippen molar-refractivity contribution in [2.45, 2.75) is 56.6 Å². The third-order valence-corrected chi connectivity index (χ3v) is 5.19. The molecular weight excluding hydrogens is 310 g/mol. The van der Waals surface area contributed by atoms with Gasteiger partial charge < -0.3 is 15.2 Å². The molecule has 0 unspecified atom stereocenters. The van der Waals surface area contributed by atoms with Crippen LogP contribution in [0, 0.1) is 17.2 Å². The lowest BCUT2D eigenvalue weighted by atomic mass is 9.83. The molecule has 2 N–H and O–H groups in total. The summed E-state index contributed by atoms with van der Waals surface area (Å²) in [4.78, 5) is 25.7. The molecule has 1 saturated heterocycles. The number of nitrogens with zero attached hydrogens (tertiary/aromatic N) is 2. The van der Waals surface area contributed by atoms with Gasteiger partial charge >= 0.3 is 5.97 Å². The summed E-state index contributed by atoms with van der Waals surface area (Å²) in [7, 11) is 1.27. The molecule has 1 aliphatic heterocycles. The van der Waals surface area contributed by atoms with Crippen LogP contribution < -0.4 is 5.32 Å². The highest BCUT2D eigenvalue weighted by Crippen LogP contribution is 2.27. The molecule has 0 aromatic rings. The van der Waals surface area contributed by atoms with Crippen LogP contribution in [0.1, 0.15) is 44.9 Å². The largest absolute Gasteiger partial charge is 0.467 e. The van der Waals surface area contributed by atoms with Crippen molar-refractivity contribution in [1.82, 2.24) is 10.2 Å². The first-order valence-electron chi connectivity index (χ1n) is 8.70. The van der Waals surface area contributed by atoms with Crippen LogP contribution in [0.2, 0.25) is 0 Å². The van der Waals surface area contributed by atoms with Gasteiger partial charge in [-0.1, -0.05) is 19.3 Å². The fraction of sp³-hybridized carbons (Fsp3) is 0.824. The van der Waals surface area contributed by atoms with E-state index < -0.39 is 17.6 Å². The zero-order chi connectivity index (χ0) is 17.6. The van der Waals surface area contributed by atoms with Crippen molar-refractivity contribution in [1.29, 1.82) is 5.26 Å². The molecule has 0 aromatic carbocycles. The minimum Gasteiger partial charge on any atom is -0.467 e.